The van der Waals surface area contributed by atoms with Crippen LogP contribution in [0.4, 0.5) is 5.95 Å². The number of hydrogen-bond acceptors (Lipinski definition) is 5. The second-order valence-corrected chi connectivity index (χ2v) is 5.42. The number of benzene rings is 1. The van der Waals surface area contributed by atoms with Crippen LogP contribution in [0.2, 0.25) is 0 Å². The first kappa shape index (κ1) is 11.6. The minimum Gasteiger partial charge on any atom is -0.246 e. The molecule has 8 heteroatoms. The van der Waals surface area contributed by atoms with Gasteiger partial charge < -0.3 is 0 Å². The quantitative estimate of drug-likeness (QED) is 0.768. The lowest BCUT2D eigenvalue weighted by atomic mass is 10.4. The lowest BCUT2D eigenvalue weighted by Gasteiger charge is -2.03. The van der Waals surface area contributed by atoms with Crippen LogP contribution in [0.25, 0.3) is 5.65 Å². The van der Waals surface area contributed by atoms with Gasteiger partial charge in [0.25, 0.3) is 16.0 Å². The molecule has 19 heavy (non-hydrogen) atoms. The molecule has 0 unspecified atom stereocenters. The average Bonchev–Trinajstić information content (AvgIpc) is 2.81. The SMILES string of the molecule is O=S(=O)(Nc1nc2ccncn2n1)c1ccccc1. The van der Waals surface area contributed by atoms with E-state index in [9.17, 15) is 8.42 Å². The third-order valence-electron chi connectivity index (χ3n) is 2.42. The Morgan fingerprint density at radius 1 is 1.11 bits per heavy atom. The Kier molecular flexibility index (Phi) is 2.64. The highest BCUT2D eigenvalue weighted by atomic mass is 32.2. The summed E-state index contributed by atoms with van der Waals surface area (Å²) in [6.07, 6.45) is 3.00. The van der Waals surface area contributed by atoms with Crippen LogP contribution in [0.5, 0.6) is 0 Å². The standard InChI is InChI=1S/C11H9N5O2S/c17-19(18,9-4-2-1-3-5-9)15-11-13-10-6-7-12-8-16(10)14-11/h1-8H,(H,14,15). The molecule has 2 heterocycles. The topological polar surface area (TPSA) is 89.2 Å². The molecule has 0 fully saturated rings. The molecule has 0 aliphatic carbocycles. The van der Waals surface area contributed by atoms with E-state index in [1.54, 1.807) is 30.5 Å². The van der Waals surface area contributed by atoms with E-state index in [0.717, 1.165) is 0 Å². The minimum atomic E-state index is -3.67. The van der Waals surface area contributed by atoms with Gasteiger partial charge in [-0.15, -0.1) is 5.10 Å². The van der Waals surface area contributed by atoms with Crippen molar-refractivity contribution >= 4 is 21.6 Å². The van der Waals surface area contributed by atoms with Crippen LogP contribution in [-0.2, 0) is 10.0 Å². The first-order valence-corrected chi connectivity index (χ1v) is 6.88. The largest absolute Gasteiger partial charge is 0.264 e. The minimum absolute atomic E-state index is 0.0110. The van der Waals surface area contributed by atoms with Crippen LogP contribution >= 0.6 is 0 Å². The molecular formula is C11H9N5O2S. The molecule has 0 aliphatic heterocycles. The second-order valence-electron chi connectivity index (χ2n) is 3.74. The van der Waals surface area contributed by atoms with Gasteiger partial charge in [0.15, 0.2) is 5.65 Å². The Morgan fingerprint density at radius 2 is 1.89 bits per heavy atom. The van der Waals surface area contributed by atoms with E-state index in [1.165, 1.54) is 23.0 Å². The zero-order valence-corrected chi connectivity index (χ0v) is 10.4. The van der Waals surface area contributed by atoms with Gasteiger partial charge in [0.05, 0.1) is 4.90 Å². The fourth-order valence-corrected chi connectivity index (χ4v) is 2.53. The molecule has 0 bridgehead atoms. The molecule has 1 aromatic carbocycles. The summed E-state index contributed by atoms with van der Waals surface area (Å²) in [6, 6.07) is 9.67. The molecule has 1 N–H and O–H groups in total. The van der Waals surface area contributed by atoms with Crippen LogP contribution in [0.3, 0.4) is 0 Å². The average molecular weight is 275 g/mol. The van der Waals surface area contributed by atoms with E-state index < -0.39 is 10.0 Å². The van der Waals surface area contributed by atoms with E-state index in [-0.39, 0.29) is 10.8 Å². The third kappa shape index (κ3) is 2.25. The van der Waals surface area contributed by atoms with Crippen molar-refractivity contribution in [3.63, 3.8) is 0 Å². The van der Waals surface area contributed by atoms with Gasteiger partial charge in [-0.3, -0.25) is 0 Å². The monoisotopic (exact) mass is 275 g/mol. The molecule has 2 aromatic heterocycles. The molecule has 96 valence electrons. The normalized spacial score (nSPS) is 11.6. The highest BCUT2D eigenvalue weighted by Crippen LogP contribution is 2.13. The van der Waals surface area contributed by atoms with E-state index >= 15 is 0 Å². The molecule has 7 nitrogen and oxygen atoms in total. The molecule has 0 saturated carbocycles. The van der Waals surface area contributed by atoms with Gasteiger partial charge in [-0.05, 0) is 12.1 Å². The summed E-state index contributed by atoms with van der Waals surface area (Å²) in [5.41, 5.74) is 0.515. The number of nitrogens with zero attached hydrogens (tertiary/aromatic N) is 4. The highest BCUT2D eigenvalue weighted by molar-refractivity contribution is 7.92. The van der Waals surface area contributed by atoms with Crippen molar-refractivity contribution < 1.29 is 8.42 Å². The van der Waals surface area contributed by atoms with Gasteiger partial charge in [0, 0.05) is 12.3 Å². The Bertz CT molecular complexity index is 780. The van der Waals surface area contributed by atoms with Crippen LogP contribution in [0, 0.1) is 0 Å². The van der Waals surface area contributed by atoms with Gasteiger partial charge in [-0.2, -0.15) is 4.98 Å². The maximum Gasteiger partial charge on any atom is 0.264 e. The fraction of sp³-hybridized carbons (Fsp3) is 0. The summed E-state index contributed by atoms with van der Waals surface area (Å²) in [5.74, 6) is 0.0110. The van der Waals surface area contributed by atoms with Crippen molar-refractivity contribution in [1.82, 2.24) is 19.6 Å². The van der Waals surface area contributed by atoms with Crippen molar-refractivity contribution in [3.8, 4) is 0 Å². The van der Waals surface area contributed by atoms with Crippen molar-refractivity contribution in [1.29, 1.82) is 0 Å². The summed E-state index contributed by atoms with van der Waals surface area (Å²) in [6.45, 7) is 0. The lowest BCUT2D eigenvalue weighted by Crippen LogP contribution is -2.13. The molecule has 0 atom stereocenters. The molecule has 0 amide bonds. The smallest absolute Gasteiger partial charge is 0.246 e. The maximum absolute atomic E-state index is 12.1. The van der Waals surface area contributed by atoms with E-state index in [0.29, 0.717) is 5.65 Å². The van der Waals surface area contributed by atoms with Crippen LogP contribution in [0.1, 0.15) is 0 Å². The van der Waals surface area contributed by atoms with Crippen molar-refractivity contribution in [3.05, 3.63) is 48.9 Å². The number of aromatic nitrogens is 4. The summed E-state index contributed by atoms with van der Waals surface area (Å²) >= 11 is 0. The Hall–Kier alpha value is -2.48. The Morgan fingerprint density at radius 3 is 2.63 bits per heavy atom. The van der Waals surface area contributed by atoms with Crippen LogP contribution < -0.4 is 4.72 Å². The first-order chi connectivity index (χ1) is 9.15. The molecule has 0 saturated heterocycles. The van der Waals surface area contributed by atoms with Crippen molar-refractivity contribution in [2.75, 3.05) is 4.72 Å². The number of sulfonamides is 1. The molecular weight excluding hydrogens is 266 g/mol. The summed E-state index contributed by atoms with van der Waals surface area (Å²) in [5, 5.41) is 3.98. The predicted molar refractivity (Wildman–Crippen MR) is 68.0 cm³/mol. The number of anilines is 1. The van der Waals surface area contributed by atoms with Gasteiger partial charge in [-0.25, -0.2) is 22.6 Å². The molecule has 0 radical (unpaired) electrons. The van der Waals surface area contributed by atoms with Gasteiger partial charge >= 0.3 is 0 Å². The first-order valence-electron chi connectivity index (χ1n) is 5.39. The molecule has 0 spiro atoms. The second kappa shape index (κ2) is 4.32. The van der Waals surface area contributed by atoms with Gasteiger partial charge in [0.1, 0.15) is 6.33 Å². The third-order valence-corrected chi connectivity index (χ3v) is 3.77. The number of fused-ring (bicyclic) bond motifs is 1. The number of hydrogen-bond donors (Lipinski definition) is 1. The van der Waals surface area contributed by atoms with E-state index in [4.69, 9.17) is 0 Å². The summed E-state index contributed by atoms with van der Waals surface area (Å²) < 4.78 is 27.8. The maximum atomic E-state index is 12.1. The number of nitrogens with one attached hydrogen (secondary N) is 1. The molecule has 0 aliphatic rings. The van der Waals surface area contributed by atoms with E-state index in [2.05, 4.69) is 19.8 Å². The van der Waals surface area contributed by atoms with Crippen molar-refractivity contribution in [2.24, 2.45) is 0 Å². The Balaban J connectivity index is 1.97. The van der Waals surface area contributed by atoms with Crippen molar-refractivity contribution in [2.45, 2.75) is 4.90 Å². The zero-order chi connectivity index (χ0) is 13.3. The highest BCUT2D eigenvalue weighted by Gasteiger charge is 2.16. The van der Waals surface area contributed by atoms with Gasteiger partial charge in [0.2, 0.25) is 0 Å². The lowest BCUT2D eigenvalue weighted by molar-refractivity contribution is 0.601. The van der Waals surface area contributed by atoms with Crippen LogP contribution in [0.15, 0.2) is 53.8 Å². The fourth-order valence-electron chi connectivity index (χ4n) is 1.57. The van der Waals surface area contributed by atoms with Crippen LogP contribution in [-0.4, -0.2) is 28.0 Å². The summed E-state index contributed by atoms with van der Waals surface area (Å²) in [7, 11) is -3.67. The molecule has 3 aromatic rings. The summed E-state index contributed by atoms with van der Waals surface area (Å²) in [4.78, 5) is 8.07. The van der Waals surface area contributed by atoms with E-state index in [1.807, 2.05) is 0 Å². The zero-order valence-electron chi connectivity index (χ0n) is 9.63. The van der Waals surface area contributed by atoms with Gasteiger partial charge in [-0.1, -0.05) is 18.2 Å². The Labute approximate surface area is 109 Å². The predicted octanol–water partition coefficient (Wildman–Crippen LogP) is 0.925. The molecule has 3 rings (SSSR count). The number of rotatable bonds is 3.